The molecule has 2 nitrogen and oxygen atoms in total. The van der Waals surface area contributed by atoms with E-state index in [4.69, 9.17) is 9.47 Å². The summed E-state index contributed by atoms with van der Waals surface area (Å²) in [5.74, 6) is 1.93. The first-order chi connectivity index (χ1) is 10.3. The van der Waals surface area contributed by atoms with Crippen molar-refractivity contribution >= 4 is 0 Å². The second-order valence-electron chi connectivity index (χ2n) is 4.82. The predicted molar refractivity (Wildman–Crippen MR) is 89.2 cm³/mol. The average molecular weight is 286 g/mol. The molecular weight excluding hydrogens is 260 g/mol. The lowest BCUT2D eigenvalue weighted by molar-refractivity contribution is 0.317. The number of hydrogen-bond donors (Lipinski definition) is 0. The summed E-state index contributed by atoms with van der Waals surface area (Å²) in [6, 6.07) is 18.0. The van der Waals surface area contributed by atoms with Crippen molar-refractivity contribution < 1.29 is 9.47 Å². The minimum Gasteiger partial charge on any atom is -0.494 e. The Kier molecular flexibility index (Phi) is 8.78. The molecule has 0 saturated carbocycles. The molecule has 0 spiro atoms. The van der Waals surface area contributed by atoms with Crippen molar-refractivity contribution in [1.29, 1.82) is 0 Å². The first-order valence-electron chi connectivity index (χ1n) is 7.63. The zero-order valence-electron chi connectivity index (χ0n) is 13.3. The van der Waals surface area contributed by atoms with Gasteiger partial charge in [0, 0.05) is 0 Å². The van der Waals surface area contributed by atoms with Crippen LogP contribution in [0.1, 0.15) is 32.3 Å². The number of hydrogen-bond acceptors (Lipinski definition) is 2. The summed E-state index contributed by atoms with van der Waals surface area (Å²) < 4.78 is 10.8. The zero-order valence-corrected chi connectivity index (χ0v) is 13.3. The maximum Gasteiger partial charge on any atom is 0.119 e. The van der Waals surface area contributed by atoms with E-state index in [9.17, 15) is 0 Å². The van der Waals surface area contributed by atoms with Crippen LogP contribution in [0.4, 0.5) is 0 Å². The van der Waals surface area contributed by atoms with E-state index >= 15 is 0 Å². The van der Waals surface area contributed by atoms with Gasteiger partial charge in [-0.15, -0.1) is 0 Å². The molecule has 0 aromatic heterocycles. The van der Waals surface area contributed by atoms with Gasteiger partial charge in [0.2, 0.25) is 0 Å². The molecule has 0 saturated heterocycles. The molecule has 2 heteroatoms. The van der Waals surface area contributed by atoms with E-state index in [1.54, 1.807) is 0 Å². The van der Waals surface area contributed by atoms with E-state index in [2.05, 4.69) is 32.9 Å². The maximum absolute atomic E-state index is 5.41. The third-order valence-electron chi connectivity index (χ3n) is 2.71. The quantitative estimate of drug-likeness (QED) is 0.721. The Labute approximate surface area is 128 Å². The topological polar surface area (TPSA) is 18.5 Å². The highest BCUT2D eigenvalue weighted by molar-refractivity contribution is 5.26. The van der Waals surface area contributed by atoms with Gasteiger partial charge in [-0.2, -0.15) is 0 Å². The Morgan fingerprint density at radius 2 is 1.14 bits per heavy atom. The van der Waals surface area contributed by atoms with Crippen molar-refractivity contribution in [3.8, 4) is 11.5 Å². The van der Waals surface area contributed by atoms with Crippen LogP contribution in [0.25, 0.3) is 0 Å². The minimum atomic E-state index is 0.809. The van der Waals surface area contributed by atoms with Crippen molar-refractivity contribution in [2.75, 3.05) is 13.2 Å². The lowest BCUT2D eigenvalue weighted by Crippen LogP contribution is -1.94. The highest BCUT2D eigenvalue weighted by atomic mass is 16.5. The van der Waals surface area contributed by atoms with Crippen LogP contribution in [0.15, 0.2) is 54.6 Å². The predicted octanol–water partition coefficient (Wildman–Crippen LogP) is 5.26. The summed E-state index contributed by atoms with van der Waals surface area (Å²) in [6.07, 6.45) is 2.13. The molecule has 0 atom stereocenters. The lowest BCUT2D eigenvalue weighted by atomic mass is 10.2. The fourth-order valence-corrected chi connectivity index (χ4v) is 1.59. The van der Waals surface area contributed by atoms with Gasteiger partial charge in [-0.05, 0) is 44.0 Å². The van der Waals surface area contributed by atoms with Crippen LogP contribution in [-0.2, 0) is 0 Å². The first kappa shape index (κ1) is 17.1. The van der Waals surface area contributed by atoms with Gasteiger partial charge in [0.1, 0.15) is 11.5 Å². The molecule has 0 N–H and O–H groups in total. The summed E-state index contributed by atoms with van der Waals surface area (Å²) in [5, 5.41) is 0. The Balaban J connectivity index is 0.000000211. The molecule has 2 rings (SSSR count). The third-order valence-corrected chi connectivity index (χ3v) is 2.71. The molecule has 0 heterocycles. The number of para-hydroxylation sites is 1. The highest BCUT2D eigenvalue weighted by Gasteiger charge is 1.89. The van der Waals surface area contributed by atoms with Gasteiger partial charge in [-0.25, -0.2) is 0 Å². The number of aryl methyl sites for hydroxylation is 1. The highest BCUT2D eigenvalue weighted by Crippen LogP contribution is 2.11. The molecular formula is C19H26O2. The van der Waals surface area contributed by atoms with Crippen LogP contribution < -0.4 is 9.47 Å². The van der Waals surface area contributed by atoms with Gasteiger partial charge in [-0.3, -0.25) is 0 Å². The molecule has 0 unspecified atom stereocenters. The van der Waals surface area contributed by atoms with Crippen LogP contribution in [0.3, 0.4) is 0 Å². The van der Waals surface area contributed by atoms with Crippen LogP contribution in [0, 0.1) is 6.92 Å². The number of ether oxygens (including phenoxy) is 2. The van der Waals surface area contributed by atoms with Crippen molar-refractivity contribution in [3.05, 3.63) is 60.2 Å². The minimum absolute atomic E-state index is 0.809. The Morgan fingerprint density at radius 3 is 1.62 bits per heavy atom. The van der Waals surface area contributed by atoms with Gasteiger partial charge < -0.3 is 9.47 Å². The summed E-state index contributed by atoms with van der Waals surface area (Å²) in [5.41, 5.74) is 1.27. The molecule has 0 amide bonds. The van der Waals surface area contributed by atoms with E-state index in [1.165, 1.54) is 5.56 Å². The Morgan fingerprint density at radius 1 is 0.667 bits per heavy atom. The second-order valence-corrected chi connectivity index (χ2v) is 4.82. The fourth-order valence-electron chi connectivity index (χ4n) is 1.59. The number of rotatable bonds is 6. The second kappa shape index (κ2) is 10.8. The molecule has 2 aromatic rings. The van der Waals surface area contributed by atoms with Crippen molar-refractivity contribution in [3.63, 3.8) is 0 Å². The number of benzene rings is 2. The van der Waals surface area contributed by atoms with E-state index in [0.717, 1.165) is 37.6 Å². The fraction of sp³-hybridized carbons (Fsp3) is 0.368. The Hall–Kier alpha value is -1.96. The zero-order chi connectivity index (χ0) is 15.3. The average Bonchev–Trinajstić information content (AvgIpc) is 2.54. The van der Waals surface area contributed by atoms with Crippen LogP contribution >= 0.6 is 0 Å². The summed E-state index contributed by atoms with van der Waals surface area (Å²) >= 11 is 0. The monoisotopic (exact) mass is 286 g/mol. The molecule has 0 radical (unpaired) electrons. The van der Waals surface area contributed by atoms with E-state index in [-0.39, 0.29) is 0 Å². The molecule has 0 bridgehead atoms. The molecule has 114 valence electrons. The van der Waals surface area contributed by atoms with Crippen LogP contribution in [-0.4, -0.2) is 13.2 Å². The standard InChI is InChI=1S/C10H14O.C9H12O/c1-3-8-11-10-6-4-9(2)5-7-10;1-2-8-10-9-6-4-3-5-7-9/h4-7H,3,8H2,1-2H3;3-7H,2,8H2,1H3. The van der Waals surface area contributed by atoms with Crippen molar-refractivity contribution in [1.82, 2.24) is 0 Å². The molecule has 0 fully saturated rings. The normalized spacial score (nSPS) is 9.48. The largest absolute Gasteiger partial charge is 0.494 e. The summed E-state index contributed by atoms with van der Waals surface area (Å²) in [7, 11) is 0. The first-order valence-corrected chi connectivity index (χ1v) is 7.63. The summed E-state index contributed by atoms with van der Waals surface area (Å²) in [4.78, 5) is 0. The van der Waals surface area contributed by atoms with E-state index < -0.39 is 0 Å². The van der Waals surface area contributed by atoms with Crippen LogP contribution in [0.2, 0.25) is 0 Å². The van der Waals surface area contributed by atoms with E-state index in [1.807, 2.05) is 42.5 Å². The van der Waals surface area contributed by atoms with Crippen molar-refractivity contribution in [2.45, 2.75) is 33.6 Å². The van der Waals surface area contributed by atoms with Gasteiger partial charge in [0.25, 0.3) is 0 Å². The molecule has 0 aliphatic heterocycles. The van der Waals surface area contributed by atoms with Gasteiger partial charge in [0.05, 0.1) is 13.2 Å². The summed E-state index contributed by atoms with van der Waals surface area (Å²) in [6.45, 7) is 7.90. The smallest absolute Gasteiger partial charge is 0.119 e. The van der Waals surface area contributed by atoms with Gasteiger partial charge in [-0.1, -0.05) is 49.7 Å². The van der Waals surface area contributed by atoms with E-state index in [0.29, 0.717) is 0 Å². The molecule has 21 heavy (non-hydrogen) atoms. The van der Waals surface area contributed by atoms with Crippen LogP contribution in [0.5, 0.6) is 11.5 Å². The maximum atomic E-state index is 5.41. The molecule has 0 aliphatic carbocycles. The molecule has 0 aliphatic rings. The molecule has 2 aromatic carbocycles. The Bertz CT molecular complexity index is 463. The van der Waals surface area contributed by atoms with Gasteiger partial charge >= 0.3 is 0 Å². The van der Waals surface area contributed by atoms with Crippen molar-refractivity contribution in [2.24, 2.45) is 0 Å². The lowest BCUT2D eigenvalue weighted by Gasteiger charge is -2.03. The SMILES string of the molecule is CCCOc1ccc(C)cc1.CCCOc1ccccc1. The van der Waals surface area contributed by atoms with Gasteiger partial charge in [0.15, 0.2) is 0 Å². The third kappa shape index (κ3) is 8.03.